The van der Waals surface area contributed by atoms with Crippen molar-refractivity contribution in [3.05, 3.63) is 34.4 Å². The maximum absolute atomic E-state index is 11.1. The zero-order chi connectivity index (χ0) is 13.2. The fraction of sp³-hybridized carbons (Fsp3) is 0.562. The second-order valence-corrected chi connectivity index (χ2v) is 6.04. The van der Waals surface area contributed by atoms with Gasteiger partial charge in [0, 0.05) is 6.42 Å². The van der Waals surface area contributed by atoms with E-state index >= 15 is 0 Å². The van der Waals surface area contributed by atoms with Crippen molar-refractivity contribution in [1.82, 2.24) is 0 Å². The highest BCUT2D eigenvalue weighted by Crippen LogP contribution is 2.29. The van der Waals surface area contributed by atoms with E-state index in [9.17, 15) is 4.79 Å². The number of carbonyl (C=O) groups excluding carboxylic acids is 1. The number of aryl methyl sites for hydroxylation is 2. The summed E-state index contributed by atoms with van der Waals surface area (Å²) in [6.45, 7) is 12.7. The average Bonchev–Trinajstić information content (AvgIpc) is 2.17. The number of hydrogen-bond donors (Lipinski definition) is 0. The number of carbonyl (C=O) groups is 1. The Labute approximate surface area is 105 Å². The van der Waals surface area contributed by atoms with E-state index in [-0.39, 0.29) is 11.2 Å². The first-order valence-corrected chi connectivity index (χ1v) is 6.32. The van der Waals surface area contributed by atoms with E-state index in [1.165, 1.54) is 22.3 Å². The first-order valence-electron chi connectivity index (χ1n) is 6.32. The fourth-order valence-electron chi connectivity index (χ4n) is 2.18. The summed E-state index contributed by atoms with van der Waals surface area (Å²) in [5.41, 5.74) is 5.56. The van der Waals surface area contributed by atoms with Gasteiger partial charge < -0.3 is 4.79 Å². The van der Waals surface area contributed by atoms with E-state index in [2.05, 4.69) is 46.8 Å². The molecule has 0 spiro atoms. The van der Waals surface area contributed by atoms with Crippen LogP contribution in [0.1, 0.15) is 56.4 Å². The molecule has 0 atom stereocenters. The van der Waals surface area contributed by atoms with Gasteiger partial charge in [-0.05, 0) is 54.9 Å². The average molecular weight is 232 g/mol. The predicted molar refractivity (Wildman–Crippen MR) is 73.6 cm³/mol. The molecule has 0 unspecified atom stereocenters. The van der Waals surface area contributed by atoms with E-state index in [0.717, 1.165) is 6.42 Å². The minimum absolute atomic E-state index is 0.168. The molecule has 1 aromatic rings. The summed E-state index contributed by atoms with van der Waals surface area (Å²) in [6.07, 6.45) is 1.51. The van der Waals surface area contributed by atoms with E-state index in [0.29, 0.717) is 6.42 Å². The molecule has 0 amide bonds. The maximum atomic E-state index is 11.1. The lowest BCUT2D eigenvalue weighted by atomic mass is 9.81. The van der Waals surface area contributed by atoms with E-state index in [4.69, 9.17) is 0 Å². The van der Waals surface area contributed by atoms with Crippen LogP contribution in [0.2, 0.25) is 0 Å². The minimum Gasteiger partial charge on any atom is -0.300 e. The summed E-state index contributed by atoms with van der Waals surface area (Å²) in [7, 11) is 0. The molecule has 0 aliphatic carbocycles. The third-order valence-corrected chi connectivity index (χ3v) is 3.30. The van der Waals surface area contributed by atoms with Crippen LogP contribution in [0.25, 0.3) is 0 Å². The zero-order valence-corrected chi connectivity index (χ0v) is 12.0. The largest absolute Gasteiger partial charge is 0.300 e. The summed E-state index contributed by atoms with van der Waals surface area (Å²) in [5.74, 6) is 0.264. The first-order chi connectivity index (χ1) is 7.71. The molecule has 0 bridgehead atoms. The molecular weight excluding hydrogens is 208 g/mol. The highest BCUT2D eigenvalue weighted by molar-refractivity contribution is 5.75. The monoisotopic (exact) mass is 232 g/mol. The topological polar surface area (TPSA) is 17.1 Å². The quantitative estimate of drug-likeness (QED) is 0.766. The molecule has 1 nitrogen and oxygen atoms in total. The first kappa shape index (κ1) is 14.0. The van der Waals surface area contributed by atoms with Crippen molar-refractivity contribution >= 4 is 5.78 Å². The molecule has 0 aromatic heterocycles. The molecule has 0 saturated heterocycles. The summed E-state index contributed by atoms with van der Waals surface area (Å²) >= 11 is 0. The third kappa shape index (κ3) is 3.69. The van der Waals surface area contributed by atoms with Crippen LogP contribution < -0.4 is 0 Å². The number of ketones is 1. The molecule has 0 fully saturated rings. The van der Waals surface area contributed by atoms with Crippen LogP contribution in [0.5, 0.6) is 0 Å². The lowest BCUT2D eigenvalue weighted by molar-refractivity contribution is -0.116. The Hall–Kier alpha value is -1.11. The van der Waals surface area contributed by atoms with Crippen molar-refractivity contribution in [2.24, 2.45) is 0 Å². The predicted octanol–water partition coefficient (Wildman–Crippen LogP) is 4.12. The van der Waals surface area contributed by atoms with Gasteiger partial charge in [0.15, 0.2) is 0 Å². The van der Waals surface area contributed by atoms with Gasteiger partial charge in [0.2, 0.25) is 0 Å². The van der Waals surface area contributed by atoms with Crippen LogP contribution in [0, 0.1) is 13.8 Å². The normalized spacial score (nSPS) is 11.6. The Balaban J connectivity index is 3.11. The third-order valence-electron chi connectivity index (χ3n) is 3.30. The molecule has 1 heteroatoms. The number of hydrogen-bond acceptors (Lipinski definition) is 1. The molecule has 0 N–H and O–H groups in total. The molecule has 94 valence electrons. The Kier molecular flexibility index (Phi) is 4.13. The van der Waals surface area contributed by atoms with Crippen molar-refractivity contribution in [2.45, 2.75) is 59.8 Å². The summed E-state index contributed by atoms with van der Waals surface area (Å²) in [5, 5.41) is 0. The van der Waals surface area contributed by atoms with Crippen LogP contribution in [0.4, 0.5) is 0 Å². The van der Waals surface area contributed by atoms with Crippen molar-refractivity contribution in [2.75, 3.05) is 0 Å². The van der Waals surface area contributed by atoms with E-state index in [1.807, 2.05) is 0 Å². The Morgan fingerprint density at radius 3 is 2.24 bits per heavy atom. The minimum atomic E-state index is 0.168. The van der Waals surface area contributed by atoms with Gasteiger partial charge >= 0.3 is 0 Å². The Morgan fingerprint density at radius 1 is 1.18 bits per heavy atom. The number of benzene rings is 1. The molecule has 1 aromatic carbocycles. The molecule has 17 heavy (non-hydrogen) atoms. The van der Waals surface area contributed by atoms with Crippen molar-refractivity contribution in [1.29, 1.82) is 0 Å². The molecule has 1 rings (SSSR count). The molecule has 0 heterocycles. The van der Waals surface area contributed by atoms with Gasteiger partial charge in [-0.15, -0.1) is 0 Å². The molecule has 0 radical (unpaired) electrons. The lowest BCUT2D eigenvalue weighted by Gasteiger charge is -2.24. The Morgan fingerprint density at radius 2 is 1.76 bits per heavy atom. The fourth-order valence-corrected chi connectivity index (χ4v) is 2.18. The Bertz CT molecular complexity index is 422. The highest BCUT2D eigenvalue weighted by Gasteiger charge is 2.18. The molecule has 0 aliphatic rings. The standard InChI is InChI=1S/C16H24O/c1-11-9-14(8-7-12(2)17)10-15(13(11)3)16(4,5)6/h9-10H,7-8H2,1-6H3. The van der Waals surface area contributed by atoms with Gasteiger partial charge in [-0.25, -0.2) is 0 Å². The van der Waals surface area contributed by atoms with Crippen LogP contribution in [0.15, 0.2) is 12.1 Å². The maximum Gasteiger partial charge on any atom is 0.130 e. The van der Waals surface area contributed by atoms with Crippen molar-refractivity contribution in [3.8, 4) is 0 Å². The van der Waals surface area contributed by atoms with Gasteiger partial charge in [-0.3, -0.25) is 0 Å². The van der Waals surface area contributed by atoms with Crippen LogP contribution in [-0.4, -0.2) is 5.78 Å². The van der Waals surface area contributed by atoms with Crippen LogP contribution >= 0.6 is 0 Å². The van der Waals surface area contributed by atoms with Crippen molar-refractivity contribution in [3.63, 3.8) is 0 Å². The lowest BCUT2D eigenvalue weighted by Crippen LogP contribution is -2.14. The summed E-state index contributed by atoms with van der Waals surface area (Å²) < 4.78 is 0. The zero-order valence-electron chi connectivity index (χ0n) is 12.0. The number of rotatable bonds is 3. The number of Topliss-reactive ketones (excluding diaryl/α,β-unsaturated/α-hetero) is 1. The smallest absolute Gasteiger partial charge is 0.130 e. The van der Waals surface area contributed by atoms with Gasteiger partial charge in [-0.1, -0.05) is 32.9 Å². The second kappa shape index (κ2) is 5.03. The van der Waals surface area contributed by atoms with Crippen molar-refractivity contribution < 1.29 is 4.79 Å². The highest BCUT2D eigenvalue weighted by atomic mass is 16.1. The molecule has 0 aliphatic heterocycles. The van der Waals surface area contributed by atoms with Gasteiger partial charge in [0.25, 0.3) is 0 Å². The van der Waals surface area contributed by atoms with Gasteiger partial charge in [-0.2, -0.15) is 0 Å². The SMILES string of the molecule is CC(=O)CCc1cc(C)c(C)c(C(C)(C)C)c1. The van der Waals surface area contributed by atoms with E-state index < -0.39 is 0 Å². The van der Waals surface area contributed by atoms with Gasteiger partial charge in [0.05, 0.1) is 0 Å². The van der Waals surface area contributed by atoms with Crippen LogP contribution in [-0.2, 0) is 16.6 Å². The molecule has 0 saturated carbocycles. The summed E-state index contributed by atoms with van der Waals surface area (Å²) in [4.78, 5) is 11.1. The van der Waals surface area contributed by atoms with E-state index in [1.54, 1.807) is 6.92 Å². The van der Waals surface area contributed by atoms with Crippen LogP contribution in [0.3, 0.4) is 0 Å². The second-order valence-electron chi connectivity index (χ2n) is 6.04. The molecular formula is C16H24O. The summed E-state index contributed by atoms with van der Waals surface area (Å²) in [6, 6.07) is 4.48. The van der Waals surface area contributed by atoms with Gasteiger partial charge in [0.1, 0.15) is 5.78 Å².